The average Bonchev–Trinajstić information content (AvgIpc) is 3.37. The van der Waals surface area contributed by atoms with E-state index in [1.54, 1.807) is 11.9 Å². The van der Waals surface area contributed by atoms with Crippen molar-refractivity contribution in [2.75, 3.05) is 40.9 Å². The largest absolute Gasteiger partial charge is 0.510 e. The van der Waals surface area contributed by atoms with Gasteiger partial charge in [-0.2, -0.15) is 13.2 Å². The molecule has 0 radical (unpaired) electrons. The first-order valence-corrected chi connectivity index (χ1v) is 13.9. The van der Waals surface area contributed by atoms with E-state index in [1.165, 1.54) is 19.0 Å². The molecule has 1 saturated heterocycles. The number of carbonyl (C=O) groups is 3. The lowest BCUT2D eigenvalue weighted by molar-refractivity contribution is -0.148. The van der Waals surface area contributed by atoms with Gasteiger partial charge in [0.2, 0.25) is 5.78 Å². The summed E-state index contributed by atoms with van der Waals surface area (Å²) in [5, 5.41) is 44.7. The Morgan fingerprint density at radius 1 is 1.19 bits per heavy atom. The monoisotopic (exact) mass is 609 g/mol. The summed E-state index contributed by atoms with van der Waals surface area (Å²) in [6.07, 6.45) is -4.90. The van der Waals surface area contributed by atoms with Gasteiger partial charge in [-0.25, -0.2) is 0 Å². The first-order valence-electron chi connectivity index (χ1n) is 13.9. The van der Waals surface area contributed by atoms with Gasteiger partial charge < -0.3 is 35.8 Å². The molecule has 11 nitrogen and oxygen atoms in total. The minimum Gasteiger partial charge on any atom is -0.510 e. The lowest BCUT2D eigenvalue weighted by atomic mass is 9.58. The molecule has 0 saturated carbocycles. The number of phenols is 1. The van der Waals surface area contributed by atoms with Crippen molar-refractivity contribution in [3.8, 4) is 5.75 Å². The molecule has 0 aromatic heterocycles. The van der Waals surface area contributed by atoms with Gasteiger partial charge in [0, 0.05) is 31.2 Å². The Kier molecular flexibility index (Phi) is 7.65. The highest BCUT2D eigenvalue weighted by molar-refractivity contribution is 6.24. The second kappa shape index (κ2) is 10.6. The number of hydrogen-bond acceptors (Lipinski definition) is 10. The zero-order chi connectivity index (χ0) is 31.8. The molecule has 1 fully saturated rings. The highest BCUT2D eigenvalue weighted by Crippen LogP contribution is 2.54. The number of benzene rings is 1. The van der Waals surface area contributed by atoms with Crippen molar-refractivity contribution in [3.63, 3.8) is 0 Å². The molecule has 0 spiro atoms. The van der Waals surface area contributed by atoms with Crippen molar-refractivity contribution in [1.82, 2.24) is 9.80 Å². The third-order valence-electron chi connectivity index (χ3n) is 9.12. The SMILES string of the molecule is CN(Cc1cc(O)c2c(c1C(F)(F)F)C[C@H]1C[C@H]3[C@H](N(C)C)C(O)=C(C(N)=O)C(=O)[C@@]3(O)C(O)=C1C2=O)CC1CCOC1. The van der Waals surface area contributed by atoms with Gasteiger partial charge in [-0.1, -0.05) is 0 Å². The van der Waals surface area contributed by atoms with Crippen LogP contribution in [0.2, 0.25) is 0 Å². The van der Waals surface area contributed by atoms with Crippen LogP contribution < -0.4 is 5.73 Å². The fourth-order valence-corrected chi connectivity index (χ4v) is 7.39. The molecule has 1 aliphatic heterocycles. The van der Waals surface area contributed by atoms with E-state index in [0.717, 1.165) is 12.5 Å². The van der Waals surface area contributed by atoms with Crippen LogP contribution in [0.5, 0.6) is 5.75 Å². The number of ether oxygens (including phenoxy) is 1. The van der Waals surface area contributed by atoms with Crippen LogP contribution in [-0.2, 0) is 33.5 Å². The van der Waals surface area contributed by atoms with Gasteiger partial charge in [-0.05, 0) is 69.4 Å². The lowest BCUT2D eigenvalue weighted by Gasteiger charge is -2.50. The molecule has 6 N–H and O–H groups in total. The van der Waals surface area contributed by atoms with Crippen LogP contribution in [0.1, 0.15) is 39.9 Å². The third-order valence-corrected chi connectivity index (χ3v) is 9.12. The van der Waals surface area contributed by atoms with Gasteiger partial charge in [0.15, 0.2) is 11.4 Å². The molecule has 14 heteroatoms. The van der Waals surface area contributed by atoms with Gasteiger partial charge in [-0.15, -0.1) is 0 Å². The van der Waals surface area contributed by atoms with E-state index < -0.39 is 98.7 Å². The van der Waals surface area contributed by atoms with Gasteiger partial charge in [-0.3, -0.25) is 19.3 Å². The molecule has 5 atom stereocenters. The first-order chi connectivity index (χ1) is 20.0. The van der Waals surface area contributed by atoms with Crippen LogP contribution in [-0.4, -0.2) is 100 Å². The summed E-state index contributed by atoms with van der Waals surface area (Å²) in [5.41, 5.74) is -1.47. The number of amides is 1. The average molecular weight is 610 g/mol. The second-order valence-corrected chi connectivity index (χ2v) is 12.2. The highest BCUT2D eigenvalue weighted by Gasteiger charge is 2.63. The number of nitrogens with two attached hydrogens (primary N) is 1. The Labute approximate surface area is 245 Å². The summed E-state index contributed by atoms with van der Waals surface area (Å²) in [4.78, 5) is 42.3. The maximum Gasteiger partial charge on any atom is 0.417 e. The van der Waals surface area contributed by atoms with Crippen LogP contribution >= 0.6 is 0 Å². The summed E-state index contributed by atoms with van der Waals surface area (Å²) in [7, 11) is 4.59. The van der Waals surface area contributed by atoms with Crippen molar-refractivity contribution < 1.29 is 52.7 Å². The van der Waals surface area contributed by atoms with E-state index in [-0.39, 0.29) is 24.4 Å². The maximum absolute atomic E-state index is 14.7. The van der Waals surface area contributed by atoms with Gasteiger partial charge in [0.1, 0.15) is 22.8 Å². The molecule has 3 aliphatic carbocycles. The predicted octanol–water partition coefficient (Wildman–Crippen LogP) is 1.61. The molecule has 1 unspecified atom stereocenters. The van der Waals surface area contributed by atoms with E-state index in [9.17, 15) is 48.0 Å². The molecule has 4 aliphatic rings. The number of aliphatic hydroxyl groups is 3. The van der Waals surface area contributed by atoms with Gasteiger partial charge >= 0.3 is 6.18 Å². The number of primary amides is 1. The van der Waals surface area contributed by atoms with Crippen molar-refractivity contribution in [3.05, 3.63) is 51.0 Å². The Bertz CT molecular complexity index is 1460. The number of hydrogen-bond donors (Lipinski definition) is 5. The minimum absolute atomic E-state index is 0.146. The quantitative estimate of drug-likeness (QED) is 0.298. The van der Waals surface area contributed by atoms with Crippen molar-refractivity contribution in [2.24, 2.45) is 23.5 Å². The second-order valence-electron chi connectivity index (χ2n) is 12.2. The molecule has 1 aromatic carbocycles. The molecular weight excluding hydrogens is 575 g/mol. The van der Waals surface area contributed by atoms with Crippen LogP contribution in [0.15, 0.2) is 28.7 Å². The van der Waals surface area contributed by atoms with E-state index in [4.69, 9.17) is 10.5 Å². The molecule has 234 valence electrons. The molecule has 1 heterocycles. The molecule has 1 amide bonds. The maximum atomic E-state index is 14.7. The molecular formula is C29H34F3N3O8. The van der Waals surface area contributed by atoms with E-state index in [1.807, 2.05) is 0 Å². The summed E-state index contributed by atoms with van der Waals surface area (Å²) in [6, 6.07) is -0.361. The number of rotatable bonds is 6. The number of halogens is 3. The number of allylic oxidation sites excluding steroid dienone is 1. The normalized spacial score (nSPS) is 29.3. The zero-order valence-electron chi connectivity index (χ0n) is 23.9. The fourth-order valence-electron chi connectivity index (χ4n) is 7.39. The number of likely N-dealkylation sites (N-methyl/N-ethyl adjacent to an activating group) is 1. The van der Waals surface area contributed by atoms with Crippen LogP contribution in [0.25, 0.3) is 0 Å². The Morgan fingerprint density at radius 3 is 2.42 bits per heavy atom. The van der Waals surface area contributed by atoms with E-state index in [2.05, 4.69) is 0 Å². The molecule has 0 bridgehead atoms. The summed E-state index contributed by atoms with van der Waals surface area (Å²) in [6.45, 7) is 1.36. The Morgan fingerprint density at radius 2 is 1.86 bits per heavy atom. The summed E-state index contributed by atoms with van der Waals surface area (Å²) >= 11 is 0. The number of aliphatic hydroxyl groups excluding tert-OH is 2. The Hall–Kier alpha value is -3.46. The van der Waals surface area contributed by atoms with Crippen LogP contribution in [0.3, 0.4) is 0 Å². The zero-order valence-corrected chi connectivity index (χ0v) is 23.9. The first kappa shape index (κ1) is 31.0. The number of carbonyl (C=O) groups excluding carboxylic acids is 3. The van der Waals surface area contributed by atoms with Crippen molar-refractivity contribution in [2.45, 2.75) is 43.6 Å². The third kappa shape index (κ3) is 4.80. The highest BCUT2D eigenvalue weighted by atomic mass is 19.4. The molecule has 43 heavy (non-hydrogen) atoms. The van der Waals surface area contributed by atoms with E-state index >= 15 is 0 Å². The van der Waals surface area contributed by atoms with E-state index in [0.29, 0.717) is 19.8 Å². The minimum atomic E-state index is -4.91. The topological polar surface area (TPSA) is 174 Å². The lowest BCUT2D eigenvalue weighted by Crippen LogP contribution is -2.63. The van der Waals surface area contributed by atoms with Gasteiger partial charge in [0.25, 0.3) is 5.91 Å². The predicted molar refractivity (Wildman–Crippen MR) is 144 cm³/mol. The number of Topliss-reactive ketones (excluding diaryl/α,β-unsaturated/α-hetero) is 2. The number of phenolic OH excluding ortho intramolecular Hbond substituents is 1. The Balaban J connectivity index is 1.64. The molecule has 1 aromatic rings. The number of aromatic hydroxyl groups is 1. The van der Waals surface area contributed by atoms with Gasteiger partial charge in [0.05, 0.1) is 23.8 Å². The van der Waals surface area contributed by atoms with Crippen molar-refractivity contribution in [1.29, 1.82) is 0 Å². The number of ketones is 2. The van der Waals surface area contributed by atoms with Crippen molar-refractivity contribution >= 4 is 17.5 Å². The number of alkyl halides is 3. The summed E-state index contributed by atoms with van der Waals surface area (Å²) in [5.74, 6) is -8.90. The smallest absolute Gasteiger partial charge is 0.417 e. The van der Waals surface area contributed by atoms with Crippen LogP contribution in [0.4, 0.5) is 13.2 Å². The fraction of sp³-hybridized carbons (Fsp3) is 0.552. The van der Waals surface area contributed by atoms with Crippen LogP contribution in [0, 0.1) is 17.8 Å². The standard InChI is InChI=1S/C29H34F3N3O8/c1-34(2)22-16-7-13-6-15-19(23(37)18(13)25(39)28(16,42)26(40)20(24(22)38)27(33)41)17(36)8-14(21(15)29(30,31)32)10-35(3)9-12-4-5-43-11-12/h8,12-13,16,22,36,38-39,42H,4-7,9-11H2,1-3H3,(H2,33,41)/t12?,13-,16-,22-,28-/m0/s1. The number of nitrogens with zero attached hydrogens (tertiary/aromatic N) is 2. The number of fused-ring (bicyclic) bond motifs is 3. The molecule has 5 rings (SSSR count). The summed E-state index contributed by atoms with van der Waals surface area (Å²) < 4.78 is 49.5.